The predicted octanol–water partition coefficient (Wildman–Crippen LogP) is 2.42. The molecular weight excluding hydrogens is 219 g/mol. The molecule has 4 nitrogen and oxygen atoms in total. The molecule has 0 saturated carbocycles. The van der Waals surface area contributed by atoms with Gasteiger partial charge < -0.3 is 11.1 Å². The fraction of sp³-hybridized carbons (Fsp3) is 0. The summed E-state index contributed by atoms with van der Waals surface area (Å²) >= 11 is 0. The lowest BCUT2D eigenvalue weighted by molar-refractivity contribution is 0.627. The van der Waals surface area contributed by atoms with Crippen molar-refractivity contribution in [3.05, 3.63) is 47.9 Å². The van der Waals surface area contributed by atoms with Crippen LogP contribution in [0, 0.1) is 17.1 Å². The third-order valence-electron chi connectivity index (χ3n) is 2.15. The van der Waals surface area contributed by atoms with Crippen molar-refractivity contribution in [1.82, 2.24) is 4.98 Å². The highest BCUT2D eigenvalue weighted by Gasteiger charge is 2.04. The molecule has 5 heteroatoms. The van der Waals surface area contributed by atoms with Crippen molar-refractivity contribution in [3.8, 4) is 6.07 Å². The summed E-state index contributed by atoms with van der Waals surface area (Å²) in [7, 11) is 0. The van der Waals surface area contributed by atoms with E-state index in [0.29, 0.717) is 17.2 Å². The highest BCUT2D eigenvalue weighted by molar-refractivity contribution is 5.64. The number of halogens is 1. The van der Waals surface area contributed by atoms with E-state index in [1.807, 2.05) is 6.07 Å². The summed E-state index contributed by atoms with van der Waals surface area (Å²) in [6, 6.07) is 9.22. The minimum atomic E-state index is -0.447. The van der Waals surface area contributed by atoms with Gasteiger partial charge in [0.15, 0.2) is 0 Å². The molecule has 0 aliphatic heterocycles. The van der Waals surface area contributed by atoms with Gasteiger partial charge in [-0.2, -0.15) is 5.26 Å². The Balaban J connectivity index is 2.30. The third-order valence-corrected chi connectivity index (χ3v) is 2.15. The molecule has 0 radical (unpaired) electrons. The number of hydrogen-bond acceptors (Lipinski definition) is 4. The van der Waals surface area contributed by atoms with E-state index >= 15 is 0 Å². The van der Waals surface area contributed by atoms with Gasteiger partial charge in [0.05, 0.1) is 23.1 Å². The largest absolute Gasteiger partial charge is 0.397 e. The molecule has 17 heavy (non-hydrogen) atoms. The van der Waals surface area contributed by atoms with Crippen LogP contribution in [0.2, 0.25) is 0 Å². The molecule has 0 aliphatic rings. The highest BCUT2D eigenvalue weighted by atomic mass is 19.1. The summed E-state index contributed by atoms with van der Waals surface area (Å²) in [6.07, 6.45) is 1.50. The van der Waals surface area contributed by atoms with Crippen LogP contribution in [0.5, 0.6) is 0 Å². The van der Waals surface area contributed by atoms with Crippen LogP contribution in [0.25, 0.3) is 0 Å². The molecule has 84 valence electrons. The number of rotatable bonds is 2. The van der Waals surface area contributed by atoms with E-state index in [1.54, 1.807) is 12.1 Å². The van der Waals surface area contributed by atoms with Crippen LogP contribution < -0.4 is 11.1 Å². The molecule has 0 unspecified atom stereocenters. The number of pyridine rings is 1. The second-order valence-corrected chi connectivity index (χ2v) is 3.40. The van der Waals surface area contributed by atoms with Gasteiger partial charge in [0.25, 0.3) is 0 Å². The van der Waals surface area contributed by atoms with Crippen LogP contribution in [-0.2, 0) is 0 Å². The fourth-order valence-electron chi connectivity index (χ4n) is 1.34. The van der Waals surface area contributed by atoms with E-state index in [4.69, 9.17) is 11.0 Å². The maximum absolute atomic E-state index is 12.9. The monoisotopic (exact) mass is 228 g/mol. The molecule has 1 heterocycles. The average Bonchev–Trinajstić information content (AvgIpc) is 2.34. The van der Waals surface area contributed by atoms with Crippen molar-refractivity contribution in [2.75, 3.05) is 11.1 Å². The number of aromatic nitrogens is 1. The normalized spacial score (nSPS) is 9.65. The Bertz CT molecular complexity index is 572. The first-order valence-corrected chi connectivity index (χ1v) is 4.87. The van der Waals surface area contributed by atoms with Gasteiger partial charge in [0, 0.05) is 0 Å². The summed E-state index contributed by atoms with van der Waals surface area (Å²) in [5, 5.41) is 11.8. The highest BCUT2D eigenvalue weighted by Crippen LogP contribution is 2.20. The van der Waals surface area contributed by atoms with E-state index in [1.165, 1.54) is 24.4 Å². The molecule has 2 aromatic rings. The molecule has 1 aromatic carbocycles. The zero-order valence-electron chi connectivity index (χ0n) is 8.81. The summed E-state index contributed by atoms with van der Waals surface area (Å²) in [6.45, 7) is 0. The molecule has 0 saturated heterocycles. The first-order chi connectivity index (χ1) is 8.19. The number of benzene rings is 1. The summed E-state index contributed by atoms with van der Waals surface area (Å²) < 4.78 is 12.9. The van der Waals surface area contributed by atoms with Crippen LogP contribution in [0.1, 0.15) is 5.56 Å². The Hall–Kier alpha value is -2.61. The van der Waals surface area contributed by atoms with Crippen molar-refractivity contribution in [2.24, 2.45) is 0 Å². The molecule has 0 amide bonds. The van der Waals surface area contributed by atoms with E-state index in [-0.39, 0.29) is 5.56 Å². The van der Waals surface area contributed by atoms with Crippen molar-refractivity contribution in [2.45, 2.75) is 0 Å². The van der Waals surface area contributed by atoms with Gasteiger partial charge in [-0.05, 0) is 30.3 Å². The molecule has 0 aliphatic carbocycles. The third kappa shape index (κ3) is 2.49. The Kier molecular flexibility index (Phi) is 2.88. The quantitative estimate of drug-likeness (QED) is 0.827. The smallest absolute Gasteiger partial charge is 0.130 e. The number of nitrogen functional groups attached to an aromatic ring is 1. The molecule has 0 spiro atoms. The minimum Gasteiger partial charge on any atom is -0.397 e. The first-order valence-electron chi connectivity index (χ1n) is 4.87. The SMILES string of the molecule is N#Cc1cc(F)ccc1Nc1ccc(N)cn1. The minimum absolute atomic E-state index is 0.226. The van der Waals surface area contributed by atoms with Crippen LogP contribution in [0.4, 0.5) is 21.6 Å². The number of nitriles is 1. The van der Waals surface area contributed by atoms with E-state index in [9.17, 15) is 4.39 Å². The molecule has 0 atom stereocenters. The van der Waals surface area contributed by atoms with Gasteiger partial charge in [0.2, 0.25) is 0 Å². The van der Waals surface area contributed by atoms with Gasteiger partial charge in [-0.3, -0.25) is 0 Å². The molecule has 0 fully saturated rings. The fourth-order valence-corrected chi connectivity index (χ4v) is 1.34. The van der Waals surface area contributed by atoms with Crippen LogP contribution in [0.3, 0.4) is 0 Å². The Morgan fingerprint density at radius 1 is 1.29 bits per heavy atom. The second-order valence-electron chi connectivity index (χ2n) is 3.40. The Morgan fingerprint density at radius 2 is 2.12 bits per heavy atom. The van der Waals surface area contributed by atoms with Crippen molar-refractivity contribution in [1.29, 1.82) is 5.26 Å². The molecule has 3 N–H and O–H groups in total. The number of nitrogens with two attached hydrogens (primary N) is 1. The lowest BCUT2D eigenvalue weighted by Crippen LogP contribution is -1.97. The summed E-state index contributed by atoms with van der Waals surface area (Å²) in [5.74, 6) is 0.0969. The molecular formula is C12H9FN4. The van der Waals surface area contributed by atoms with Gasteiger partial charge >= 0.3 is 0 Å². The van der Waals surface area contributed by atoms with Crippen LogP contribution in [-0.4, -0.2) is 4.98 Å². The number of hydrogen-bond donors (Lipinski definition) is 2. The molecule has 2 rings (SSSR count). The van der Waals surface area contributed by atoms with Gasteiger partial charge in [-0.1, -0.05) is 0 Å². The van der Waals surface area contributed by atoms with Crippen molar-refractivity contribution < 1.29 is 4.39 Å². The van der Waals surface area contributed by atoms with E-state index in [2.05, 4.69) is 10.3 Å². The van der Waals surface area contributed by atoms with E-state index < -0.39 is 5.82 Å². The summed E-state index contributed by atoms with van der Waals surface area (Å²) in [4.78, 5) is 4.03. The van der Waals surface area contributed by atoms with Gasteiger partial charge in [-0.25, -0.2) is 9.37 Å². The van der Waals surface area contributed by atoms with E-state index in [0.717, 1.165) is 0 Å². The number of nitrogens with zero attached hydrogens (tertiary/aromatic N) is 2. The summed E-state index contributed by atoms with van der Waals surface area (Å²) in [5.41, 5.74) is 6.79. The Labute approximate surface area is 97.5 Å². The standard InChI is InChI=1S/C12H9FN4/c13-9-1-3-11(8(5-9)6-14)17-12-4-2-10(15)7-16-12/h1-5,7H,15H2,(H,16,17). The Morgan fingerprint density at radius 3 is 2.76 bits per heavy atom. The van der Waals surface area contributed by atoms with Gasteiger partial charge in [-0.15, -0.1) is 0 Å². The van der Waals surface area contributed by atoms with Crippen LogP contribution >= 0.6 is 0 Å². The average molecular weight is 228 g/mol. The maximum Gasteiger partial charge on any atom is 0.130 e. The number of nitrogens with one attached hydrogen (secondary N) is 1. The predicted molar refractivity (Wildman–Crippen MR) is 63.0 cm³/mol. The molecule has 0 bridgehead atoms. The second kappa shape index (κ2) is 4.49. The lowest BCUT2D eigenvalue weighted by Gasteiger charge is -2.07. The van der Waals surface area contributed by atoms with Gasteiger partial charge in [0.1, 0.15) is 17.7 Å². The lowest BCUT2D eigenvalue weighted by atomic mass is 10.2. The zero-order chi connectivity index (χ0) is 12.3. The topological polar surface area (TPSA) is 74.7 Å². The number of anilines is 3. The maximum atomic E-state index is 12.9. The van der Waals surface area contributed by atoms with Crippen molar-refractivity contribution >= 4 is 17.2 Å². The van der Waals surface area contributed by atoms with Crippen LogP contribution in [0.15, 0.2) is 36.5 Å². The zero-order valence-corrected chi connectivity index (χ0v) is 8.81. The molecule has 1 aromatic heterocycles. The van der Waals surface area contributed by atoms with Crippen molar-refractivity contribution in [3.63, 3.8) is 0 Å². The first kappa shape index (κ1) is 10.9.